The second kappa shape index (κ2) is 10.0. The summed E-state index contributed by atoms with van der Waals surface area (Å²) in [5, 5.41) is 10.5. The molecule has 0 unspecified atom stereocenters. The molecule has 7 nitrogen and oxygen atoms in total. The fraction of sp³-hybridized carbons (Fsp3) is 0.167. The summed E-state index contributed by atoms with van der Waals surface area (Å²) < 4.78 is 28.8. The molecular formula is C24H21F2N5O2S. The first-order valence-electron chi connectivity index (χ1n) is 10.4. The fourth-order valence-electron chi connectivity index (χ4n) is 3.37. The van der Waals surface area contributed by atoms with Gasteiger partial charge in [-0.1, -0.05) is 18.2 Å². The van der Waals surface area contributed by atoms with Crippen LogP contribution < -0.4 is 16.2 Å². The molecule has 0 spiro atoms. The fourth-order valence-corrected chi connectivity index (χ4v) is 4.34. The molecule has 2 heterocycles. The zero-order valence-corrected chi connectivity index (χ0v) is 19.2. The van der Waals surface area contributed by atoms with Gasteiger partial charge in [0.05, 0.1) is 6.04 Å². The number of para-hydroxylation sites is 1. The van der Waals surface area contributed by atoms with Crippen LogP contribution in [-0.2, 0) is 6.54 Å². The first kappa shape index (κ1) is 23.4. The van der Waals surface area contributed by atoms with E-state index in [0.717, 1.165) is 21.2 Å². The van der Waals surface area contributed by atoms with Gasteiger partial charge in [-0.05, 0) is 49.9 Å². The smallest absolute Gasteiger partial charge is 0.272 e. The molecule has 2 aromatic heterocycles. The minimum absolute atomic E-state index is 0.0409. The van der Waals surface area contributed by atoms with Crippen molar-refractivity contribution in [3.63, 3.8) is 0 Å². The van der Waals surface area contributed by atoms with Crippen molar-refractivity contribution in [2.75, 3.05) is 7.05 Å². The number of rotatable bonds is 7. The summed E-state index contributed by atoms with van der Waals surface area (Å²) in [5.74, 6) is -1.52. The second-order valence-corrected chi connectivity index (χ2v) is 8.58. The Balaban J connectivity index is 1.55. The summed E-state index contributed by atoms with van der Waals surface area (Å²) in [4.78, 5) is 30.2. The summed E-state index contributed by atoms with van der Waals surface area (Å²) in [6.07, 6.45) is 1.63. The van der Waals surface area contributed by atoms with Gasteiger partial charge in [0, 0.05) is 29.2 Å². The molecule has 0 aliphatic rings. The van der Waals surface area contributed by atoms with Gasteiger partial charge >= 0.3 is 0 Å². The van der Waals surface area contributed by atoms with Crippen molar-refractivity contribution in [3.05, 3.63) is 98.9 Å². The lowest BCUT2D eigenvalue weighted by molar-refractivity contribution is 0.0933. The van der Waals surface area contributed by atoms with Gasteiger partial charge in [0.25, 0.3) is 11.5 Å². The standard InChI is InChI=1S/C24H21F2N5O2S/c1-14(21-13-28-24(34-21)17-11-16(25)8-7-15(17)12-27-2)29-23(33)19-9-10-22(32)31(30-19)20-6-4-3-5-18(20)26/h3-11,13-14,27H,12H2,1-2H3,(H,29,33)/t14-/m1/s1. The summed E-state index contributed by atoms with van der Waals surface area (Å²) in [6, 6.07) is 12.3. The van der Waals surface area contributed by atoms with E-state index in [9.17, 15) is 18.4 Å². The number of nitrogens with zero attached hydrogens (tertiary/aromatic N) is 3. The largest absolute Gasteiger partial charge is 0.343 e. The van der Waals surface area contributed by atoms with Crippen molar-refractivity contribution < 1.29 is 13.6 Å². The van der Waals surface area contributed by atoms with Gasteiger partial charge in [0.1, 0.15) is 28.0 Å². The molecule has 4 rings (SSSR count). The maximum absolute atomic E-state index is 14.1. The lowest BCUT2D eigenvalue weighted by atomic mass is 10.1. The first-order valence-corrected chi connectivity index (χ1v) is 11.2. The zero-order chi connectivity index (χ0) is 24.2. The zero-order valence-electron chi connectivity index (χ0n) is 18.4. The first-order chi connectivity index (χ1) is 16.4. The highest BCUT2D eigenvalue weighted by Crippen LogP contribution is 2.31. The molecule has 34 heavy (non-hydrogen) atoms. The normalized spacial score (nSPS) is 11.9. The van der Waals surface area contributed by atoms with Crippen LogP contribution in [-0.4, -0.2) is 27.7 Å². The average molecular weight is 482 g/mol. The van der Waals surface area contributed by atoms with Gasteiger partial charge in [-0.2, -0.15) is 9.78 Å². The molecule has 0 bridgehead atoms. The minimum atomic E-state index is -0.629. The maximum atomic E-state index is 14.1. The number of carbonyl (C=O) groups is 1. The van der Waals surface area contributed by atoms with Crippen LogP contribution in [0.5, 0.6) is 0 Å². The summed E-state index contributed by atoms with van der Waals surface area (Å²) in [7, 11) is 1.81. The van der Waals surface area contributed by atoms with Crippen LogP contribution in [0.25, 0.3) is 16.3 Å². The lowest BCUT2D eigenvalue weighted by Crippen LogP contribution is -2.30. The van der Waals surface area contributed by atoms with Crippen LogP contribution in [0.3, 0.4) is 0 Å². The molecule has 10 heteroatoms. The van der Waals surface area contributed by atoms with Gasteiger partial charge in [0.15, 0.2) is 0 Å². The number of nitrogens with one attached hydrogen (secondary N) is 2. The van der Waals surface area contributed by atoms with Crippen molar-refractivity contribution in [1.29, 1.82) is 0 Å². The summed E-state index contributed by atoms with van der Waals surface area (Å²) in [6.45, 7) is 2.34. The van der Waals surface area contributed by atoms with Crippen LogP contribution in [0.15, 0.2) is 65.6 Å². The van der Waals surface area contributed by atoms with Crippen molar-refractivity contribution in [3.8, 4) is 16.3 Å². The molecule has 1 atom stereocenters. The number of carbonyl (C=O) groups excluding carboxylic acids is 1. The topological polar surface area (TPSA) is 88.9 Å². The van der Waals surface area contributed by atoms with Crippen LogP contribution in [0.4, 0.5) is 8.78 Å². The molecule has 0 saturated carbocycles. The molecule has 0 fully saturated rings. The van der Waals surface area contributed by atoms with E-state index in [2.05, 4.69) is 20.7 Å². The number of benzene rings is 2. The van der Waals surface area contributed by atoms with Crippen molar-refractivity contribution in [1.82, 2.24) is 25.4 Å². The predicted octanol–water partition coefficient (Wildman–Crippen LogP) is 3.84. The number of amides is 1. The highest BCUT2D eigenvalue weighted by molar-refractivity contribution is 7.15. The summed E-state index contributed by atoms with van der Waals surface area (Å²) >= 11 is 1.34. The molecule has 4 aromatic rings. The number of thiazole rings is 1. The molecule has 0 saturated heterocycles. The van der Waals surface area contributed by atoms with Gasteiger partial charge < -0.3 is 10.6 Å². The Kier molecular flexibility index (Phi) is 6.90. The lowest BCUT2D eigenvalue weighted by Gasteiger charge is -2.12. The Morgan fingerprint density at radius 3 is 2.71 bits per heavy atom. The van der Waals surface area contributed by atoms with Gasteiger partial charge in [-0.25, -0.2) is 13.8 Å². The molecule has 0 aliphatic heterocycles. The van der Waals surface area contributed by atoms with Gasteiger partial charge in [-0.15, -0.1) is 11.3 Å². The Morgan fingerprint density at radius 2 is 1.94 bits per heavy atom. The van der Waals surface area contributed by atoms with E-state index in [1.807, 2.05) is 0 Å². The average Bonchev–Trinajstić information content (AvgIpc) is 3.31. The molecule has 2 N–H and O–H groups in total. The van der Waals surface area contributed by atoms with Crippen molar-refractivity contribution >= 4 is 17.2 Å². The molecule has 2 aromatic carbocycles. The van der Waals surface area contributed by atoms with Crippen LogP contribution in [0.2, 0.25) is 0 Å². The van der Waals surface area contributed by atoms with E-state index in [1.165, 1.54) is 47.7 Å². The number of halogens is 2. The van der Waals surface area contributed by atoms with E-state index in [4.69, 9.17) is 0 Å². The quantitative estimate of drug-likeness (QED) is 0.419. The monoisotopic (exact) mass is 481 g/mol. The highest BCUT2D eigenvalue weighted by Gasteiger charge is 2.18. The highest BCUT2D eigenvalue weighted by atomic mass is 32.1. The third-order valence-corrected chi connectivity index (χ3v) is 6.29. The SMILES string of the molecule is CNCc1ccc(F)cc1-c1ncc([C@@H](C)NC(=O)c2ccc(=O)n(-c3ccccc3F)n2)s1. The minimum Gasteiger partial charge on any atom is -0.343 e. The van der Waals surface area contributed by atoms with Crippen molar-refractivity contribution in [2.45, 2.75) is 19.5 Å². The van der Waals surface area contributed by atoms with Gasteiger partial charge in [-0.3, -0.25) is 9.59 Å². The number of hydrogen-bond acceptors (Lipinski definition) is 6. The van der Waals surface area contributed by atoms with E-state index >= 15 is 0 Å². The Hall–Kier alpha value is -3.76. The van der Waals surface area contributed by atoms with Crippen LogP contribution in [0.1, 0.15) is 33.9 Å². The maximum Gasteiger partial charge on any atom is 0.272 e. The van der Waals surface area contributed by atoms with Crippen LogP contribution in [0, 0.1) is 11.6 Å². The summed E-state index contributed by atoms with van der Waals surface area (Å²) in [5.41, 5.74) is 0.939. The number of hydrogen-bond donors (Lipinski definition) is 2. The Morgan fingerprint density at radius 1 is 1.15 bits per heavy atom. The molecular weight excluding hydrogens is 460 g/mol. The third kappa shape index (κ3) is 4.92. The third-order valence-electron chi connectivity index (χ3n) is 5.08. The van der Waals surface area contributed by atoms with E-state index in [0.29, 0.717) is 17.1 Å². The van der Waals surface area contributed by atoms with Crippen molar-refractivity contribution in [2.24, 2.45) is 0 Å². The van der Waals surface area contributed by atoms with E-state index < -0.39 is 23.3 Å². The van der Waals surface area contributed by atoms with Crippen LogP contribution >= 0.6 is 11.3 Å². The molecule has 0 aliphatic carbocycles. The predicted molar refractivity (Wildman–Crippen MR) is 126 cm³/mol. The molecule has 1 amide bonds. The number of aromatic nitrogens is 3. The Labute approximate surface area is 198 Å². The molecule has 174 valence electrons. The molecule has 0 radical (unpaired) electrons. The van der Waals surface area contributed by atoms with E-state index in [1.54, 1.807) is 32.3 Å². The van der Waals surface area contributed by atoms with Gasteiger partial charge in [0.2, 0.25) is 0 Å². The second-order valence-electron chi connectivity index (χ2n) is 7.51. The van der Waals surface area contributed by atoms with E-state index in [-0.39, 0.29) is 17.2 Å². The Bertz CT molecular complexity index is 1400.